The van der Waals surface area contributed by atoms with Crippen LogP contribution in [0.15, 0.2) is 42.5 Å². The second kappa shape index (κ2) is 6.16. The summed E-state index contributed by atoms with van der Waals surface area (Å²) in [6.07, 6.45) is 0.503. The Balaban J connectivity index is 1.76. The lowest BCUT2D eigenvalue weighted by Crippen LogP contribution is -2.31. The Morgan fingerprint density at radius 1 is 1.04 bits per heavy atom. The number of imide groups is 1. The fourth-order valence-corrected chi connectivity index (χ4v) is 2.65. The van der Waals surface area contributed by atoms with Gasteiger partial charge in [0.25, 0.3) is 11.8 Å². The van der Waals surface area contributed by atoms with Gasteiger partial charge in [0.2, 0.25) is 0 Å². The smallest absolute Gasteiger partial charge is 0.261 e. The van der Waals surface area contributed by atoms with Crippen molar-refractivity contribution in [3.63, 3.8) is 0 Å². The van der Waals surface area contributed by atoms with E-state index >= 15 is 0 Å². The minimum atomic E-state index is -1.38. The van der Waals surface area contributed by atoms with Gasteiger partial charge in [-0.3, -0.25) is 14.5 Å². The molecule has 0 saturated heterocycles. The van der Waals surface area contributed by atoms with Gasteiger partial charge in [-0.1, -0.05) is 18.2 Å². The molecule has 122 valence electrons. The zero-order chi connectivity index (χ0) is 17.3. The number of methoxy groups -OCH3 is 1. The fourth-order valence-electron chi connectivity index (χ4n) is 2.65. The van der Waals surface area contributed by atoms with Crippen molar-refractivity contribution in [3.05, 3.63) is 64.7 Å². The van der Waals surface area contributed by atoms with Crippen LogP contribution in [-0.2, 0) is 6.42 Å². The summed E-state index contributed by atoms with van der Waals surface area (Å²) < 4.78 is 5.08. The van der Waals surface area contributed by atoms with E-state index in [9.17, 15) is 19.5 Å². The predicted octanol–water partition coefficient (Wildman–Crippen LogP) is 0.897. The molecule has 2 amide bonds. The number of carboxylic acids is 1. The lowest BCUT2D eigenvalue weighted by Gasteiger charge is -2.13. The largest absolute Gasteiger partial charge is 0.545 e. The number of ether oxygens (including phenoxy) is 1. The summed E-state index contributed by atoms with van der Waals surface area (Å²) in [6.45, 7) is 0.222. The zero-order valence-corrected chi connectivity index (χ0v) is 12.9. The summed E-state index contributed by atoms with van der Waals surface area (Å²) in [4.78, 5) is 36.7. The second-order valence-corrected chi connectivity index (χ2v) is 5.41. The molecule has 1 aliphatic heterocycles. The van der Waals surface area contributed by atoms with E-state index < -0.39 is 17.8 Å². The van der Waals surface area contributed by atoms with Gasteiger partial charge in [0, 0.05) is 6.54 Å². The predicted molar refractivity (Wildman–Crippen MR) is 82.8 cm³/mol. The molecule has 6 heteroatoms. The zero-order valence-electron chi connectivity index (χ0n) is 12.9. The monoisotopic (exact) mass is 324 g/mol. The number of carbonyl (C=O) groups excluding carboxylic acids is 3. The third-order valence-corrected chi connectivity index (χ3v) is 3.99. The minimum absolute atomic E-state index is 0.108. The van der Waals surface area contributed by atoms with Crippen molar-refractivity contribution in [2.75, 3.05) is 13.7 Å². The highest BCUT2D eigenvalue weighted by atomic mass is 16.5. The van der Waals surface area contributed by atoms with Gasteiger partial charge in [-0.25, -0.2) is 0 Å². The molecule has 0 spiro atoms. The number of aromatic carboxylic acids is 1. The van der Waals surface area contributed by atoms with E-state index in [1.165, 1.54) is 18.2 Å². The van der Waals surface area contributed by atoms with Gasteiger partial charge in [-0.2, -0.15) is 0 Å². The van der Waals surface area contributed by atoms with E-state index in [1.807, 2.05) is 24.3 Å². The summed E-state index contributed by atoms with van der Waals surface area (Å²) in [5.41, 5.74) is 1.17. The molecular weight excluding hydrogens is 310 g/mol. The summed E-state index contributed by atoms with van der Waals surface area (Å²) in [5.74, 6) is -1.54. The Labute approximate surface area is 138 Å². The fraction of sp³-hybridized carbons (Fsp3) is 0.167. The molecule has 1 heterocycles. The Hall–Kier alpha value is -3.15. The topological polar surface area (TPSA) is 86.7 Å². The molecule has 6 nitrogen and oxygen atoms in total. The molecule has 0 fully saturated rings. The van der Waals surface area contributed by atoms with Crippen molar-refractivity contribution < 1.29 is 24.2 Å². The maximum Gasteiger partial charge on any atom is 0.261 e. The molecule has 2 aromatic rings. The van der Waals surface area contributed by atoms with Crippen LogP contribution in [0.5, 0.6) is 5.75 Å². The molecule has 0 aliphatic carbocycles. The average molecular weight is 324 g/mol. The Morgan fingerprint density at radius 3 is 2.33 bits per heavy atom. The normalized spacial score (nSPS) is 13.1. The van der Waals surface area contributed by atoms with Crippen molar-refractivity contribution in [1.82, 2.24) is 4.90 Å². The first-order chi connectivity index (χ1) is 11.5. The third kappa shape index (κ3) is 2.74. The summed E-state index contributed by atoms with van der Waals surface area (Å²) in [5, 5.41) is 10.9. The molecule has 3 rings (SSSR count). The lowest BCUT2D eigenvalue weighted by atomic mass is 10.1. The third-order valence-electron chi connectivity index (χ3n) is 3.99. The SMILES string of the molecule is COc1ccc(CCN2C(=O)c3ccc(C(=O)[O-])cc3C2=O)cc1. The number of hydrogen-bond acceptors (Lipinski definition) is 5. The van der Waals surface area contributed by atoms with Crippen LogP contribution in [0.4, 0.5) is 0 Å². The maximum atomic E-state index is 12.4. The van der Waals surface area contributed by atoms with E-state index in [0.717, 1.165) is 16.2 Å². The summed E-state index contributed by atoms with van der Waals surface area (Å²) in [6, 6.07) is 11.2. The van der Waals surface area contributed by atoms with Gasteiger partial charge in [0.05, 0.1) is 24.2 Å². The molecule has 1 aliphatic rings. The number of hydrogen-bond donors (Lipinski definition) is 0. The van der Waals surface area contributed by atoms with Gasteiger partial charge >= 0.3 is 0 Å². The molecular formula is C18H14NO5-. The van der Waals surface area contributed by atoms with Crippen molar-refractivity contribution in [1.29, 1.82) is 0 Å². The number of nitrogens with zero attached hydrogens (tertiary/aromatic N) is 1. The molecule has 0 atom stereocenters. The number of fused-ring (bicyclic) bond motifs is 1. The molecule has 0 N–H and O–H groups in total. The van der Waals surface area contributed by atoms with Crippen LogP contribution in [0, 0.1) is 0 Å². The number of rotatable bonds is 5. The van der Waals surface area contributed by atoms with E-state index in [1.54, 1.807) is 7.11 Å². The number of carboxylic acid groups (broad SMARTS) is 1. The van der Waals surface area contributed by atoms with Crippen LogP contribution >= 0.6 is 0 Å². The van der Waals surface area contributed by atoms with Gasteiger partial charge in [-0.05, 0) is 41.8 Å². The van der Waals surface area contributed by atoms with Crippen LogP contribution in [0.3, 0.4) is 0 Å². The van der Waals surface area contributed by atoms with Crippen molar-refractivity contribution >= 4 is 17.8 Å². The van der Waals surface area contributed by atoms with Crippen LogP contribution in [0.25, 0.3) is 0 Å². The molecule has 0 saturated carbocycles. The van der Waals surface area contributed by atoms with Crippen molar-refractivity contribution in [2.45, 2.75) is 6.42 Å². The highest BCUT2D eigenvalue weighted by molar-refractivity contribution is 6.21. The number of amides is 2. The van der Waals surface area contributed by atoms with Crippen molar-refractivity contribution in [3.8, 4) is 5.75 Å². The number of benzene rings is 2. The Morgan fingerprint density at radius 2 is 1.71 bits per heavy atom. The second-order valence-electron chi connectivity index (χ2n) is 5.41. The minimum Gasteiger partial charge on any atom is -0.545 e. The van der Waals surface area contributed by atoms with E-state index in [4.69, 9.17) is 4.74 Å². The first-order valence-electron chi connectivity index (χ1n) is 7.36. The first-order valence-corrected chi connectivity index (χ1v) is 7.36. The molecule has 0 aromatic heterocycles. The van der Waals surface area contributed by atoms with Gasteiger partial charge in [0.1, 0.15) is 5.75 Å². The van der Waals surface area contributed by atoms with Crippen LogP contribution in [0.1, 0.15) is 36.6 Å². The Kier molecular flexibility index (Phi) is 4.04. The maximum absolute atomic E-state index is 12.4. The molecule has 0 radical (unpaired) electrons. The van der Waals surface area contributed by atoms with Crippen LogP contribution < -0.4 is 9.84 Å². The Bertz CT molecular complexity index is 826. The van der Waals surface area contributed by atoms with E-state index in [-0.39, 0.29) is 23.2 Å². The highest BCUT2D eigenvalue weighted by Crippen LogP contribution is 2.24. The standard InChI is InChI=1S/C18H15NO5/c1-24-13-5-2-11(3-6-13)8-9-19-16(20)14-7-4-12(18(22)23)10-15(14)17(19)21/h2-7,10H,8-9H2,1H3,(H,22,23)/p-1. The first kappa shape index (κ1) is 15.7. The van der Waals surface area contributed by atoms with E-state index in [2.05, 4.69) is 0 Å². The molecule has 0 unspecified atom stereocenters. The quantitative estimate of drug-likeness (QED) is 0.763. The lowest BCUT2D eigenvalue weighted by molar-refractivity contribution is -0.255. The highest BCUT2D eigenvalue weighted by Gasteiger charge is 2.35. The molecule has 0 bridgehead atoms. The van der Waals surface area contributed by atoms with Gasteiger partial charge < -0.3 is 14.6 Å². The van der Waals surface area contributed by atoms with E-state index in [0.29, 0.717) is 6.42 Å². The summed E-state index contributed by atoms with van der Waals surface area (Å²) in [7, 11) is 1.58. The average Bonchev–Trinajstić information content (AvgIpc) is 2.84. The summed E-state index contributed by atoms with van der Waals surface area (Å²) >= 11 is 0. The number of carbonyl (C=O) groups is 3. The van der Waals surface area contributed by atoms with Crippen LogP contribution in [0.2, 0.25) is 0 Å². The van der Waals surface area contributed by atoms with Gasteiger partial charge in [0.15, 0.2) is 0 Å². The van der Waals surface area contributed by atoms with Crippen LogP contribution in [-0.4, -0.2) is 36.3 Å². The molecule has 2 aromatic carbocycles. The molecule has 24 heavy (non-hydrogen) atoms. The van der Waals surface area contributed by atoms with Crippen molar-refractivity contribution in [2.24, 2.45) is 0 Å². The van der Waals surface area contributed by atoms with Gasteiger partial charge in [-0.15, -0.1) is 0 Å².